The number of halogens is 3. The van der Waals surface area contributed by atoms with Gasteiger partial charge in [0, 0.05) is 12.8 Å². The van der Waals surface area contributed by atoms with Gasteiger partial charge in [-0.05, 0) is 25.8 Å². The van der Waals surface area contributed by atoms with E-state index in [4.69, 9.17) is 5.73 Å². The van der Waals surface area contributed by atoms with Gasteiger partial charge in [0.25, 0.3) is 0 Å². The first kappa shape index (κ1) is 14.2. The van der Waals surface area contributed by atoms with Crippen LogP contribution >= 0.6 is 0 Å². The zero-order valence-electron chi connectivity index (χ0n) is 8.64. The number of carbonyl (C=O) groups excluding carboxylic acids is 1. The van der Waals surface area contributed by atoms with E-state index in [1.807, 2.05) is 0 Å². The van der Waals surface area contributed by atoms with Crippen molar-refractivity contribution in [1.82, 2.24) is 0 Å². The van der Waals surface area contributed by atoms with Crippen molar-refractivity contribution in [2.24, 2.45) is 11.7 Å². The maximum atomic E-state index is 12.0. The summed E-state index contributed by atoms with van der Waals surface area (Å²) in [4.78, 5) is 10.9. The van der Waals surface area contributed by atoms with Crippen LogP contribution < -0.4 is 5.73 Å². The molecule has 0 heterocycles. The zero-order chi connectivity index (χ0) is 11.9. The van der Waals surface area contributed by atoms with E-state index in [9.17, 15) is 18.0 Å². The minimum absolute atomic E-state index is 0.00815. The number of ether oxygens (including phenoxy) is 1. The Balaban J connectivity index is 3.85. The molecule has 6 heteroatoms. The lowest BCUT2D eigenvalue weighted by molar-refractivity contribution is -0.149. The molecule has 3 nitrogen and oxygen atoms in total. The summed E-state index contributed by atoms with van der Waals surface area (Å²) in [6.07, 6.45) is -5.05. The Morgan fingerprint density at radius 2 is 2.07 bits per heavy atom. The first-order valence-electron chi connectivity index (χ1n) is 4.81. The second kappa shape index (κ2) is 6.66. The van der Waals surface area contributed by atoms with Gasteiger partial charge < -0.3 is 10.5 Å². The Kier molecular flexibility index (Phi) is 6.31. The molecule has 0 aromatic carbocycles. The molecule has 1 atom stereocenters. The summed E-state index contributed by atoms with van der Waals surface area (Å²) in [5.74, 6) is -1.17. The third-order valence-electron chi connectivity index (χ3n) is 1.92. The molecule has 0 saturated carbocycles. The van der Waals surface area contributed by atoms with E-state index in [-0.39, 0.29) is 26.0 Å². The van der Waals surface area contributed by atoms with Crippen LogP contribution in [0.1, 0.15) is 26.2 Å². The molecule has 0 fully saturated rings. The fraction of sp³-hybridized carbons (Fsp3) is 0.889. The van der Waals surface area contributed by atoms with Crippen LogP contribution in [0.25, 0.3) is 0 Å². The summed E-state index contributed by atoms with van der Waals surface area (Å²) < 4.78 is 40.6. The Morgan fingerprint density at radius 3 is 2.47 bits per heavy atom. The van der Waals surface area contributed by atoms with E-state index in [1.54, 1.807) is 6.92 Å². The van der Waals surface area contributed by atoms with Gasteiger partial charge in [-0.2, -0.15) is 13.2 Å². The van der Waals surface area contributed by atoms with Gasteiger partial charge in [-0.25, -0.2) is 0 Å². The Morgan fingerprint density at radius 1 is 1.47 bits per heavy atom. The molecule has 0 radical (unpaired) electrons. The fourth-order valence-corrected chi connectivity index (χ4v) is 1.19. The highest BCUT2D eigenvalue weighted by molar-refractivity contribution is 5.69. The van der Waals surface area contributed by atoms with Gasteiger partial charge in [-0.1, -0.05) is 0 Å². The van der Waals surface area contributed by atoms with Gasteiger partial charge in [-0.15, -0.1) is 0 Å². The first-order valence-corrected chi connectivity index (χ1v) is 4.81. The molecule has 0 rings (SSSR count). The molecule has 0 amide bonds. The van der Waals surface area contributed by atoms with Crippen LogP contribution in [-0.2, 0) is 9.53 Å². The van der Waals surface area contributed by atoms with E-state index < -0.39 is 24.5 Å². The molecule has 0 aliphatic rings. The molecular weight excluding hydrogens is 211 g/mol. The smallest absolute Gasteiger partial charge is 0.389 e. The van der Waals surface area contributed by atoms with Crippen LogP contribution in [0.2, 0.25) is 0 Å². The van der Waals surface area contributed by atoms with Crippen LogP contribution in [0, 0.1) is 5.92 Å². The molecule has 0 bridgehead atoms. The van der Waals surface area contributed by atoms with Crippen molar-refractivity contribution in [3.05, 3.63) is 0 Å². The van der Waals surface area contributed by atoms with Crippen molar-refractivity contribution >= 4 is 5.97 Å². The quantitative estimate of drug-likeness (QED) is 0.704. The largest absolute Gasteiger partial charge is 0.466 e. The average molecular weight is 227 g/mol. The fourth-order valence-electron chi connectivity index (χ4n) is 1.19. The lowest BCUT2D eigenvalue weighted by Crippen LogP contribution is -2.23. The average Bonchev–Trinajstić information content (AvgIpc) is 2.11. The van der Waals surface area contributed by atoms with Gasteiger partial charge in [0.05, 0.1) is 6.61 Å². The lowest BCUT2D eigenvalue weighted by Gasteiger charge is -2.15. The van der Waals surface area contributed by atoms with Gasteiger partial charge >= 0.3 is 12.1 Å². The van der Waals surface area contributed by atoms with Gasteiger partial charge in [-0.3, -0.25) is 4.79 Å². The van der Waals surface area contributed by atoms with Crippen molar-refractivity contribution in [1.29, 1.82) is 0 Å². The lowest BCUT2D eigenvalue weighted by atomic mass is 9.99. The van der Waals surface area contributed by atoms with E-state index >= 15 is 0 Å². The van der Waals surface area contributed by atoms with E-state index in [2.05, 4.69) is 4.74 Å². The number of hydrogen-bond acceptors (Lipinski definition) is 3. The number of carbonyl (C=O) groups is 1. The van der Waals surface area contributed by atoms with Crippen molar-refractivity contribution in [3.8, 4) is 0 Å². The first-order chi connectivity index (χ1) is 6.89. The summed E-state index contributed by atoms with van der Waals surface area (Å²) in [5.41, 5.74) is 5.19. The van der Waals surface area contributed by atoms with Crippen LogP contribution in [0.5, 0.6) is 0 Å². The maximum Gasteiger partial charge on any atom is 0.389 e. The minimum Gasteiger partial charge on any atom is -0.466 e. The number of hydrogen-bond donors (Lipinski definition) is 1. The Bertz CT molecular complexity index is 194. The molecule has 0 aromatic heterocycles. The standard InChI is InChI=1S/C9H16F3NO2/c1-2-15-8(14)4-3-7(6-13)5-9(10,11)12/h7H,2-6,13H2,1H3. The van der Waals surface area contributed by atoms with Gasteiger partial charge in [0.1, 0.15) is 0 Å². The summed E-state index contributed by atoms with van der Waals surface area (Å²) in [5, 5.41) is 0. The monoisotopic (exact) mass is 227 g/mol. The number of nitrogens with two attached hydrogens (primary N) is 1. The topological polar surface area (TPSA) is 52.3 Å². The SMILES string of the molecule is CCOC(=O)CCC(CN)CC(F)(F)F. The molecule has 0 aliphatic heterocycles. The molecule has 0 spiro atoms. The van der Waals surface area contributed by atoms with Gasteiger partial charge in [0.2, 0.25) is 0 Å². The molecule has 2 N–H and O–H groups in total. The molecule has 1 unspecified atom stereocenters. The van der Waals surface area contributed by atoms with Crippen molar-refractivity contribution < 1.29 is 22.7 Å². The van der Waals surface area contributed by atoms with Crippen molar-refractivity contribution in [2.75, 3.05) is 13.2 Å². The maximum absolute atomic E-state index is 12.0. The third-order valence-corrected chi connectivity index (χ3v) is 1.92. The van der Waals surface area contributed by atoms with E-state index in [0.717, 1.165) is 0 Å². The second-order valence-electron chi connectivity index (χ2n) is 3.26. The Labute approximate surface area is 86.8 Å². The number of esters is 1. The zero-order valence-corrected chi connectivity index (χ0v) is 8.64. The van der Waals surface area contributed by atoms with Crippen molar-refractivity contribution in [3.63, 3.8) is 0 Å². The predicted octanol–water partition coefficient (Wildman–Crippen LogP) is 1.86. The third kappa shape index (κ3) is 8.23. The molecule has 0 aromatic rings. The minimum atomic E-state index is -4.22. The molecule has 90 valence electrons. The number of rotatable bonds is 6. The van der Waals surface area contributed by atoms with Crippen molar-refractivity contribution in [2.45, 2.75) is 32.4 Å². The summed E-state index contributed by atoms with van der Waals surface area (Å²) >= 11 is 0. The molecule has 0 aliphatic carbocycles. The highest BCUT2D eigenvalue weighted by atomic mass is 19.4. The summed E-state index contributed by atoms with van der Waals surface area (Å²) in [6.45, 7) is 1.82. The van der Waals surface area contributed by atoms with Gasteiger partial charge in [0.15, 0.2) is 0 Å². The van der Waals surface area contributed by atoms with E-state index in [0.29, 0.717) is 0 Å². The predicted molar refractivity (Wildman–Crippen MR) is 49.1 cm³/mol. The molecular formula is C9H16F3NO2. The van der Waals surface area contributed by atoms with Crippen LogP contribution in [0.15, 0.2) is 0 Å². The van der Waals surface area contributed by atoms with Crippen LogP contribution in [-0.4, -0.2) is 25.3 Å². The normalized spacial score (nSPS) is 13.7. The molecule has 0 saturated heterocycles. The highest BCUT2D eigenvalue weighted by Gasteiger charge is 2.31. The van der Waals surface area contributed by atoms with Crippen LogP contribution in [0.3, 0.4) is 0 Å². The highest BCUT2D eigenvalue weighted by Crippen LogP contribution is 2.26. The summed E-state index contributed by atoms with van der Waals surface area (Å²) in [6, 6.07) is 0. The van der Waals surface area contributed by atoms with E-state index in [1.165, 1.54) is 0 Å². The Hall–Kier alpha value is -0.780. The van der Waals surface area contributed by atoms with Crippen LogP contribution in [0.4, 0.5) is 13.2 Å². The number of alkyl halides is 3. The second-order valence-corrected chi connectivity index (χ2v) is 3.26. The summed E-state index contributed by atoms with van der Waals surface area (Å²) in [7, 11) is 0. The molecule has 15 heavy (non-hydrogen) atoms.